The lowest BCUT2D eigenvalue weighted by atomic mass is 9.86. The van der Waals surface area contributed by atoms with Gasteiger partial charge in [0.1, 0.15) is 0 Å². The van der Waals surface area contributed by atoms with Crippen LogP contribution in [0.1, 0.15) is 38.1 Å². The van der Waals surface area contributed by atoms with E-state index in [1.165, 1.54) is 0 Å². The first-order chi connectivity index (χ1) is 6.54. The van der Waals surface area contributed by atoms with E-state index in [4.69, 9.17) is 5.73 Å². The van der Waals surface area contributed by atoms with Crippen LogP contribution in [0.4, 0.5) is 0 Å². The topological polar surface area (TPSA) is 51.8 Å². The highest BCUT2D eigenvalue weighted by atomic mass is 14.8. The summed E-state index contributed by atoms with van der Waals surface area (Å²) in [5.74, 6) is 0.786. The molecule has 0 saturated heterocycles. The van der Waals surface area contributed by atoms with E-state index in [-0.39, 0.29) is 6.04 Å². The third-order valence-electron chi connectivity index (χ3n) is 2.52. The van der Waals surface area contributed by atoms with E-state index in [2.05, 4.69) is 23.8 Å². The molecule has 1 aromatic rings. The van der Waals surface area contributed by atoms with Crippen LogP contribution >= 0.6 is 0 Å². The zero-order valence-corrected chi connectivity index (χ0v) is 9.36. The first kappa shape index (κ1) is 11.1. The molecule has 2 atom stereocenters. The second kappa shape index (κ2) is 4.51. The summed E-state index contributed by atoms with van der Waals surface area (Å²) < 4.78 is 0. The monoisotopic (exact) mass is 193 g/mol. The van der Waals surface area contributed by atoms with E-state index in [1.54, 1.807) is 12.4 Å². The molecule has 0 aromatic carbocycles. The van der Waals surface area contributed by atoms with Gasteiger partial charge >= 0.3 is 0 Å². The summed E-state index contributed by atoms with van der Waals surface area (Å²) in [7, 11) is 0. The smallest absolute Gasteiger partial charge is 0.0664 e. The van der Waals surface area contributed by atoms with Crippen LogP contribution in [0.25, 0.3) is 0 Å². The maximum Gasteiger partial charge on any atom is 0.0664 e. The van der Waals surface area contributed by atoms with Crippen molar-refractivity contribution in [1.29, 1.82) is 0 Å². The molecular weight excluding hydrogens is 174 g/mol. The summed E-state index contributed by atoms with van der Waals surface area (Å²) in [6, 6.07) is 0.116. The van der Waals surface area contributed by atoms with Crippen LogP contribution in [-0.2, 0) is 0 Å². The van der Waals surface area contributed by atoms with E-state index < -0.39 is 0 Å². The van der Waals surface area contributed by atoms with Crippen molar-refractivity contribution in [2.24, 2.45) is 11.7 Å². The van der Waals surface area contributed by atoms with Gasteiger partial charge in [-0.15, -0.1) is 0 Å². The Hall–Kier alpha value is -0.960. The van der Waals surface area contributed by atoms with Crippen LogP contribution in [0.2, 0.25) is 0 Å². The van der Waals surface area contributed by atoms with Crippen LogP contribution in [0, 0.1) is 12.8 Å². The van der Waals surface area contributed by atoms with Gasteiger partial charge in [0, 0.05) is 24.4 Å². The molecule has 1 heterocycles. The number of hydrogen-bond acceptors (Lipinski definition) is 3. The number of nitrogens with two attached hydrogens (primary N) is 1. The highest BCUT2D eigenvalue weighted by Crippen LogP contribution is 2.26. The molecule has 1 aromatic heterocycles. The van der Waals surface area contributed by atoms with Gasteiger partial charge in [-0.25, -0.2) is 0 Å². The van der Waals surface area contributed by atoms with E-state index in [0.717, 1.165) is 11.4 Å². The van der Waals surface area contributed by atoms with Crippen molar-refractivity contribution in [3.8, 4) is 0 Å². The Kier molecular flexibility index (Phi) is 3.58. The Morgan fingerprint density at radius 1 is 1.14 bits per heavy atom. The summed E-state index contributed by atoms with van der Waals surface area (Å²) in [6.45, 7) is 8.35. The molecule has 0 aliphatic rings. The molecule has 3 nitrogen and oxygen atoms in total. The molecule has 78 valence electrons. The molecule has 0 bridgehead atoms. The molecule has 0 aliphatic heterocycles. The van der Waals surface area contributed by atoms with E-state index >= 15 is 0 Å². The average Bonchev–Trinajstić information content (AvgIpc) is 2.07. The van der Waals surface area contributed by atoms with E-state index in [9.17, 15) is 0 Å². The second-order valence-corrected chi connectivity index (χ2v) is 4.16. The van der Waals surface area contributed by atoms with Crippen LogP contribution in [0.3, 0.4) is 0 Å². The summed E-state index contributed by atoms with van der Waals surface area (Å²) in [6.07, 6.45) is 3.46. The van der Waals surface area contributed by atoms with Gasteiger partial charge in [0.05, 0.1) is 11.4 Å². The summed E-state index contributed by atoms with van der Waals surface area (Å²) in [5.41, 5.74) is 8.00. The third-order valence-corrected chi connectivity index (χ3v) is 2.52. The fourth-order valence-corrected chi connectivity index (χ4v) is 1.92. The van der Waals surface area contributed by atoms with Crippen molar-refractivity contribution in [3.05, 3.63) is 23.8 Å². The Morgan fingerprint density at radius 3 is 2.14 bits per heavy atom. The van der Waals surface area contributed by atoms with Crippen LogP contribution in [0.15, 0.2) is 12.4 Å². The fraction of sp³-hybridized carbons (Fsp3) is 0.636. The average molecular weight is 193 g/mol. The van der Waals surface area contributed by atoms with Gasteiger partial charge in [-0.3, -0.25) is 9.97 Å². The standard InChI is InChI=1S/C11H19N3/c1-7(2)10(8(3)12)11-9(4)13-5-6-14-11/h5-8,10H,12H2,1-4H3. The lowest BCUT2D eigenvalue weighted by Gasteiger charge is -2.24. The molecule has 0 saturated carbocycles. The lowest BCUT2D eigenvalue weighted by molar-refractivity contribution is 0.423. The first-order valence-corrected chi connectivity index (χ1v) is 5.07. The molecule has 1 rings (SSSR count). The van der Waals surface area contributed by atoms with Crippen LogP contribution in [-0.4, -0.2) is 16.0 Å². The van der Waals surface area contributed by atoms with Crippen LogP contribution in [0.5, 0.6) is 0 Å². The molecule has 0 fully saturated rings. The van der Waals surface area contributed by atoms with Crippen molar-refractivity contribution in [3.63, 3.8) is 0 Å². The molecule has 2 N–H and O–H groups in total. The second-order valence-electron chi connectivity index (χ2n) is 4.16. The minimum atomic E-state index is 0.116. The van der Waals surface area contributed by atoms with Crippen molar-refractivity contribution in [2.75, 3.05) is 0 Å². The van der Waals surface area contributed by atoms with Gasteiger partial charge in [0.25, 0.3) is 0 Å². The van der Waals surface area contributed by atoms with Gasteiger partial charge < -0.3 is 5.73 Å². The molecule has 0 spiro atoms. The Labute approximate surface area is 85.8 Å². The van der Waals surface area contributed by atoms with E-state index in [0.29, 0.717) is 11.8 Å². The number of aromatic nitrogens is 2. The number of hydrogen-bond donors (Lipinski definition) is 1. The van der Waals surface area contributed by atoms with Gasteiger partial charge in [-0.2, -0.15) is 0 Å². The quantitative estimate of drug-likeness (QED) is 0.797. The van der Waals surface area contributed by atoms with Crippen LogP contribution < -0.4 is 5.73 Å². The predicted octanol–water partition coefficient (Wildman–Crippen LogP) is 1.87. The summed E-state index contributed by atoms with van der Waals surface area (Å²) >= 11 is 0. The fourth-order valence-electron chi connectivity index (χ4n) is 1.92. The van der Waals surface area contributed by atoms with Gasteiger partial charge in [-0.1, -0.05) is 13.8 Å². The lowest BCUT2D eigenvalue weighted by Crippen LogP contribution is -2.30. The molecule has 0 radical (unpaired) electrons. The highest BCUT2D eigenvalue weighted by Gasteiger charge is 2.23. The molecular formula is C11H19N3. The molecule has 14 heavy (non-hydrogen) atoms. The maximum absolute atomic E-state index is 5.97. The third kappa shape index (κ3) is 2.29. The largest absolute Gasteiger partial charge is 0.327 e. The summed E-state index contributed by atoms with van der Waals surface area (Å²) in [5, 5.41) is 0. The van der Waals surface area contributed by atoms with Gasteiger partial charge in [-0.05, 0) is 19.8 Å². The minimum Gasteiger partial charge on any atom is -0.327 e. The maximum atomic E-state index is 5.97. The van der Waals surface area contributed by atoms with Crippen molar-refractivity contribution in [1.82, 2.24) is 9.97 Å². The summed E-state index contributed by atoms with van der Waals surface area (Å²) in [4.78, 5) is 8.63. The van der Waals surface area contributed by atoms with E-state index in [1.807, 2.05) is 13.8 Å². The van der Waals surface area contributed by atoms with Crippen molar-refractivity contribution in [2.45, 2.75) is 39.7 Å². The zero-order valence-electron chi connectivity index (χ0n) is 9.36. The Bertz CT molecular complexity index is 286. The SMILES string of the molecule is Cc1nccnc1C(C(C)C)C(C)N. The first-order valence-electron chi connectivity index (χ1n) is 5.07. The molecule has 0 amide bonds. The molecule has 0 aliphatic carbocycles. The van der Waals surface area contributed by atoms with Crippen molar-refractivity contribution < 1.29 is 0 Å². The molecule has 2 unspecified atom stereocenters. The molecule has 3 heteroatoms. The highest BCUT2D eigenvalue weighted by molar-refractivity contribution is 5.16. The minimum absolute atomic E-state index is 0.116. The number of rotatable bonds is 3. The zero-order chi connectivity index (χ0) is 10.7. The predicted molar refractivity (Wildman–Crippen MR) is 58.0 cm³/mol. The Balaban J connectivity index is 3.05. The number of aryl methyl sites for hydroxylation is 1. The number of nitrogens with zero attached hydrogens (tertiary/aromatic N) is 2. The normalized spacial score (nSPS) is 15.6. The van der Waals surface area contributed by atoms with Gasteiger partial charge in [0.2, 0.25) is 0 Å². The Morgan fingerprint density at radius 2 is 1.71 bits per heavy atom. The van der Waals surface area contributed by atoms with Crippen molar-refractivity contribution >= 4 is 0 Å². The van der Waals surface area contributed by atoms with Gasteiger partial charge in [0.15, 0.2) is 0 Å².